The zero-order chi connectivity index (χ0) is 24.7. The standard InChI is InChI=1S/C24H22ClF3N4O2/c1-23(2,3)14-7-5-6-8-18(14)34-21-16(9-10-19(31-21)33-4)29-22-30-17-12-13(24(26,27)28)11-15(25)20(17)32-22/h5-12H,1-4H3,(H2,29,30,32). The normalized spacial score (nSPS) is 12.1. The molecule has 0 fully saturated rings. The predicted octanol–water partition coefficient (Wildman–Crippen LogP) is 7.47. The van der Waals surface area contributed by atoms with E-state index in [1.165, 1.54) is 7.11 Å². The van der Waals surface area contributed by atoms with Crippen molar-refractivity contribution in [2.45, 2.75) is 32.4 Å². The zero-order valence-electron chi connectivity index (χ0n) is 18.8. The first-order valence-corrected chi connectivity index (χ1v) is 10.7. The summed E-state index contributed by atoms with van der Waals surface area (Å²) in [5, 5.41) is 2.91. The molecule has 0 saturated heterocycles. The summed E-state index contributed by atoms with van der Waals surface area (Å²) in [5.41, 5.74) is 0.698. The molecule has 0 radical (unpaired) electrons. The van der Waals surface area contributed by atoms with Crippen molar-refractivity contribution in [3.8, 4) is 17.5 Å². The maximum absolute atomic E-state index is 13.2. The Labute approximate surface area is 199 Å². The number of imidazole rings is 1. The number of nitrogens with zero attached hydrogens (tertiary/aromatic N) is 2. The minimum atomic E-state index is -4.53. The third-order valence-electron chi connectivity index (χ3n) is 5.07. The van der Waals surface area contributed by atoms with Gasteiger partial charge in [-0.1, -0.05) is 50.6 Å². The van der Waals surface area contributed by atoms with E-state index in [4.69, 9.17) is 21.1 Å². The Hall–Kier alpha value is -3.46. The Bertz CT molecular complexity index is 1350. The molecule has 2 N–H and O–H groups in total. The van der Waals surface area contributed by atoms with E-state index in [1.54, 1.807) is 12.1 Å². The molecule has 0 bridgehead atoms. The molecular formula is C24H22ClF3N4O2. The van der Waals surface area contributed by atoms with E-state index in [0.717, 1.165) is 17.7 Å². The van der Waals surface area contributed by atoms with Gasteiger partial charge in [-0.3, -0.25) is 0 Å². The fraction of sp³-hybridized carbons (Fsp3) is 0.250. The van der Waals surface area contributed by atoms with E-state index in [9.17, 15) is 13.2 Å². The number of methoxy groups -OCH3 is 1. The lowest BCUT2D eigenvalue weighted by Gasteiger charge is -2.23. The molecule has 0 saturated carbocycles. The highest BCUT2D eigenvalue weighted by Crippen LogP contribution is 2.38. The second-order valence-electron chi connectivity index (χ2n) is 8.62. The van der Waals surface area contributed by atoms with Crippen molar-refractivity contribution in [2.24, 2.45) is 0 Å². The number of fused-ring (bicyclic) bond motifs is 1. The van der Waals surface area contributed by atoms with Crippen LogP contribution < -0.4 is 14.8 Å². The highest BCUT2D eigenvalue weighted by atomic mass is 35.5. The molecule has 0 unspecified atom stereocenters. The van der Waals surface area contributed by atoms with Crippen LogP contribution in [0.3, 0.4) is 0 Å². The number of halogens is 4. The van der Waals surface area contributed by atoms with Crippen LogP contribution in [0.1, 0.15) is 31.9 Å². The quantitative estimate of drug-likeness (QED) is 0.303. The lowest BCUT2D eigenvalue weighted by atomic mass is 9.86. The average molecular weight is 491 g/mol. The van der Waals surface area contributed by atoms with Crippen LogP contribution in [-0.2, 0) is 11.6 Å². The van der Waals surface area contributed by atoms with Crippen molar-refractivity contribution in [3.63, 3.8) is 0 Å². The zero-order valence-corrected chi connectivity index (χ0v) is 19.6. The second kappa shape index (κ2) is 8.72. The fourth-order valence-electron chi connectivity index (χ4n) is 3.42. The molecule has 34 heavy (non-hydrogen) atoms. The highest BCUT2D eigenvalue weighted by Gasteiger charge is 2.32. The van der Waals surface area contributed by atoms with Gasteiger partial charge in [0, 0.05) is 11.6 Å². The Balaban J connectivity index is 1.73. The summed E-state index contributed by atoms with van der Waals surface area (Å²) in [4.78, 5) is 11.5. The minimum Gasteiger partial charge on any atom is -0.481 e. The van der Waals surface area contributed by atoms with Gasteiger partial charge >= 0.3 is 6.18 Å². The maximum Gasteiger partial charge on any atom is 0.416 e. The molecule has 10 heteroatoms. The Morgan fingerprint density at radius 3 is 2.41 bits per heavy atom. The predicted molar refractivity (Wildman–Crippen MR) is 125 cm³/mol. The van der Waals surface area contributed by atoms with E-state index in [-0.39, 0.29) is 33.3 Å². The lowest BCUT2D eigenvalue weighted by Crippen LogP contribution is -2.12. The van der Waals surface area contributed by atoms with E-state index in [0.29, 0.717) is 17.3 Å². The Morgan fingerprint density at radius 1 is 1.00 bits per heavy atom. The summed E-state index contributed by atoms with van der Waals surface area (Å²) in [6.07, 6.45) is -4.53. The summed E-state index contributed by atoms with van der Waals surface area (Å²) in [6.45, 7) is 6.21. The number of pyridine rings is 1. The van der Waals surface area contributed by atoms with Gasteiger partial charge in [0.2, 0.25) is 17.7 Å². The molecule has 178 valence electrons. The van der Waals surface area contributed by atoms with Gasteiger partial charge in [-0.2, -0.15) is 18.2 Å². The van der Waals surface area contributed by atoms with Gasteiger partial charge in [0.25, 0.3) is 0 Å². The molecule has 4 rings (SSSR count). The first-order chi connectivity index (χ1) is 16.0. The van der Waals surface area contributed by atoms with Gasteiger partial charge in [0.1, 0.15) is 17.0 Å². The second-order valence-corrected chi connectivity index (χ2v) is 9.02. The van der Waals surface area contributed by atoms with Crippen LogP contribution in [0.2, 0.25) is 5.02 Å². The van der Waals surface area contributed by atoms with Crippen LogP contribution in [0.4, 0.5) is 24.8 Å². The van der Waals surface area contributed by atoms with E-state index >= 15 is 0 Å². The number of aromatic amines is 1. The molecule has 2 heterocycles. The summed E-state index contributed by atoms with van der Waals surface area (Å²) in [7, 11) is 1.49. The van der Waals surface area contributed by atoms with Crippen molar-refractivity contribution < 1.29 is 22.6 Å². The van der Waals surface area contributed by atoms with Crippen LogP contribution in [-0.4, -0.2) is 22.1 Å². The van der Waals surface area contributed by atoms with Gasteiger partial charge in [-0.05, 0) is 29.7 Å². The number of hydrogen-bond donors (Lipinski definition) is 2. The smallest absolute Gasteiger partial charge is 0.416 e. The van der Waals surface area contributed by atoms with Crippen LogP contribution in [0.15, 0.2) is 48.5 Å². The van der Waals surface area contributed by atoms with E-state index < -0.39 is 11.7 Å². The number of aromatic nitrogens is 3. The number of ether oxygens (including phenoxy) is 2. The number of alkyl halides is 3. The average Bonchev–Trinajstić information content (AvgIpc) is 3.17. The molecular weight excluding hydrogens is 469 g/mol. The molecule has 0 aliphatic rings. The summed E-state index contributed by atoms with van der Waals surface area (Å²) in [5.74, 6) is 1.33. The number of H-pyrrole nitrogens is 1. The van der Waals surface area contributed by atoms with Crippen molar-refractivity contribution in [1.29, 1.82) is 0 Å². The topological polar surface area (TPSA) is 72.1 Å². The molecule has 0 amide bonds. The van der Waals surface area contributed by atoms with Gasteiger partial charge < -0.3 is 19.8 Å². The Morgan fingerprint density at radius 2 is 1.74 bits per heavy atom. The van der Waals surface area contributed by atoms with E-state index in [2.05, 4.69) is 41.0 Å². The molecule has 0 atom stereocenters. The number of anilines is 2. The van der Waals surface area contributed by atoms with Gasteiger partial charge in [-0.25, -0.2) is 4.98 Å². The van der Waals surface area contributed by atoms with Crippen LogP contribution in [0.25, 0.3) is 11.0 Å². The van der Waals surface area contributed by atoms with Crippen LogP contribution in [0, 0.1) is 0 Å². The number of benzene rings is 2. The molecule has 6 nitrogen and oxygen atoms in total. The number of hydrogen-bond acceptors (Lipinski definition) is 5. The summed E-state index contributed by atoms with van der Waals surface area (Å²) in [6, 6.07) is 12.7. The van der Waals surface area contributed by atoms with Gasteiger partial charge in [0.05, 0.1) is 23.2 Å². The van der Waals surface area contributed by atoms with E-state index in [1.807, 2.05) is 24.3 Å². The van der Waals surface area contributed by atoms with Crippen LogP contribution in [0.5, 0.6) is 17.5 Å². The molecule has 0 aliphatic carbocycles. The molecule has 4 aromatic rings. The number of nitrogens with one attached hydrogen (secondary N) is 2. The van der Waals surface area contributed by atoms with Crippen molar-refractivity contribution in [1.82, 2.24) is 15.0 Å². The largest absolute Gasteiger partial charge is 0.481 e. The molecule has 0 spiro atoms. The van der Waals surface area contributed by atoms with Gasteiger partial charge in [0.15, 0.2) is 0 Å². The maximum atomic E-state index is 13.2. The first kappa shape index (κ1) is 23.7. The van der Waals surface area contributed by atoms with Crippen molar-refractivity contribution >= 4 is 34.3 Å². The summed E-state index contributed by atoms with van der Waals surface area (Å²) < 4.78 is 50.9. The number of para-hydroxylation sites is 1. The van der Waals surface area contributed by atoms with Crippen molar-refractivity contribution in [3.05, 3.63) is 64.7 Å². The van der Waals surface area contributed by atoms with Crippen molar-refractivity contribution in [2.75, 3.05) is 12.4 Å². The van der Waals surface area contributed by atoms with Crippen LogP contribution >= 0.6 is 11.6 Å². The molecule has 2 aromatic carbocycles. The lowest BCUT2D eigenvalue weighted by molar-refractivity contribution is -0.137. The Kier molecular flexibility index (Phi) is 6.07. The minimum absolute atomic E-state index is 0.113. The molecule has 0 aliphatic heterocycles. The molecule has 2 aromatic heterocycles. The number of rotatable bonds is 5. The highest BCUT2D eigenvalue weighted by molar-refractivity contribution is 6.35. The monoisotopic (exact) mass is 490 g/mol. The first-order valence-electron chi connectivity index (χ1n) is 10.3. The third-order valence-corrected chi connectivity index (χ3v) is 5.35. The van der Waals surface area contributed by atoms with Gasteiger partial charge in [-0.15, -0.1) is 0 Å². The third kappa shape index (κ3) is 4.89. The summed E-state index contributed by atoms with van der Waals surface area (Å²) >= 11 is 6.06. The SMILES string of the molecule is COc1ccc(Nc2nc3c(Cl)cc(C(F)(F)F)cc3[nH]2)c(Oc2ccccc2C(C)(C)C)n1. The fourth-order valence-corrected chi connectivity index (χ4v) is 3.68.